The number of carbonyl (C=O) groups excluding carboxylic acids is 1. The number of ether oxygens (including phenoxy) is 1. The maximum Gasteiger partial charge on any atom is 0.337 e. The quantitative estimate of drug-likeness (QED) is 0.868. The highest BCUT2D eigenvalue weighted by Crippen LogP contribution is 2.35. The van der Waals surface area contributed by atoms with Gasteiger partial charge >= 0.3 is 5.97 Å². The molecule has 1 aromatic heterocycles. The van der Waals surface area contributed by atoms with Gasteiger partial charge in [0.15, 0.2) is 0 Å². The summed E-state index contributed by atoms with van der Waals surface area (Å²) in [7, 11) is 1.41. The Kier molecular flexibility index (Phi) is 4.60. The molecule has 0 amide bonds. The number of piperidine rings is 1. The molecule has 1 unspecified atom stereocenters. The third kappa shape index (κ3) is 3.23. The van der Waals surface area contributed by atoms with Gasteiger partial charge in [0.1, 0.15) is 0 Å². The molecule has 2 heterocycles. The molecule has 2 atom stereocenters. The van der Waals surface area contributed by atoms with Gasteiger partial charge in [0.25, 0.3) is 0 Å². The number of esters is 1. The van der Waals surface area contributed by atoms with Crippen LogP contribution >= 0.6 is 11.3 Å². The molecule has 0 radical (unpaired) electrons. The zero-order valence-corrected chi connectivity index (χ0v) is 13.8. The summed E-state index contributed by atoms with van der Waals surface area (Å²) in [5.74, 6) is 0.339. The van der Waals surface area contributed by atoms with Gasteiger partial charge in [0.2, 0.25) is 0 Å². The second kappa shape index (κ2) is 6.63. The molecular weight excluding hydrogens is 294 g/mol. The van der Waals surface area contributed by atoms with Crippen LogP contribution in [-0.2, 0) is 4.74 Å². The van der Waals surface area contributed by atoms with Crippen LogP contribution in [0.15, 0.2) is 35.7 Å². The van der Waals surface area contributed by atoms with Crippen molar-refractivity contribution in [3.8, 4) is 0 Å². The van der Waals surface area contributed by atoms with Crippen LogP contribution < -0.4 is 5.32 Å². The molecule has 0 spiro atoms. The average molecular weight is 315 g/mol. The normalized spacial score (nSPS) is 21.5. The van der Waals surface area contributed by atoms with Crippen LogP contribution in [0.25, 0.3) is 0 Å². The van der Waals surface area contributed by atoms with Crippen molar-refractivity contribution in [3.63, 3.8) is 0 Å². The molecule has 116 valence electrons. The van der Waals surface area contributed by atoms with E-state index in [0.29, 0.717) is 17.5 Å². The molecule has 0 bridgehead atoms. The second-order valence-corrected chi connectivity index (χ2v) is 6.95. The zero-order chi connectivity index (χ0) is 15.5. The Balaban J connectivity index is 1.73. The number of rotatable bonds is 3. The third-order valence-electron chi connectivity index (χ3n) is 4.36. The van der Waals surface area contributed by atoms with Crippen molar-refractivity contribution in [2.75, 3.05) is 13.7 Å². The molecule has 4 heteroatoms. The Bertz CT molecular complexity index is 647. The highest BCUT2D eigenvalue weighted by Gasteiger charge is 2.24. The maximum atomic E-state index is 11.5. The van der Waals surface area contributed by atoms with Crippen LogP contribution in [0.2, 0.25) is 0 Å². The Labute approximate surface area is 135 Å². The second-order valence-electron chi connectivity index (χ2n) is 5.83. The van der Waals surface area contributed by atoms with E-state index in [4.69, 9.17) is 4.74 Å². The van der Waals surface area contributed by atoms with Gasteiger partial charge in [-0.25, -0.2) is 4.79 Å². The lowest BCUT2D eigenvalue weighted by Crippen LogP contribution is -2.30. The van der Waals surface area contributed by atoms with Crippen molar-refractivity contribution in [3.05, 3.63) is 57.3 Å². The lowest BCUT2D eigenvalue weighted by molar-refractivity contribution is 0.0600. The number of aryl methyl sites for hydroxylation is 1. The number of nitrogens with one attached hydrogen (secondary N) is 1. The van der Waals surface area contributed by atoms with Gasteiger partial charge in [-0.2, -0.15) is 0 Å². The molecule has 22 heavy (non-hydrogen) atoms. The number of benzene rings is 1. The molecule has 1 aliphatic rings. The molecular formula is C18H21NO2S. The smallest absolute Gasteiger partial charge is 0.337 e. The fourth-order valence-corrected chi connectivity index (χ4v) is 3.91. The molecule has 0 saturated carbocycles. The molecule has 1 N–H and O–H groups in total. The van der Waals surface area contributed by atoms with Crippen LogP contribution in [0.4, 0.5) is 0 Å². The van der Waals surface area contributed by atoms with Crippen molar-refractivity contribution in [2.45, 2.75) is 31.7 Å². The SMILES string of the molecule is COC(=O)c1ccc([C@@H]2CC(c3csc(C)c3)CCN2)cc1. The van der Waals surface area contributed by atoms with E-state index in [0.717, 1.165) is 13.0 Å². The minimum atomic E-state index is -0.283. The van der Waals surface area contributed by atoms with Crippen molar-refractivity contribution in [1.82, 2.24) is 5.32 Å². The lowest BCUT2D eigenvalue weighted by Gasteiger charge is -2.30. The first kappa shape index (κ1) is 15.3. The summed E-state index contributed by atoms with van der Waals surface area (Å²) in [5, 5.41) is 5.89. The van der Waals surface area contributed by atoms with Gasteiger partial charge in [-0.3, -0.25) is 0 Å². The van der Waals surface area contributed by atoms with Gasteiger partial charge in [-0.1, -0.05) is 12.1 Å². The van der Waals surface area contributed by atoms with E-state index >= 15 is 0 Å². The highest BCUT2D eigenvalue weighted by molar-refractivity contribution is 7.10. The van der Waals surface area contributed by atoms with E-state index < -0.39 is 0 Å². The number of carbonyl (C=O) groups is 1. The summed E-state index contributed by atoms with van der Waals surface area (Å²) in [5.41, 5.74) is 3.32. The standard InChI is InChI=1S/C18H21NO2S/c1-12-9-16(11-22-12)15-7-8-19-17(10-15)13-3-5-14(6-4-13)18(20)21-2/h3-6,9,11,15,17,19H,7-8,10H2,1-2H3/t15?,17-/m0/s1. The Hall–Kier alpha value is -1.65. The molecule has 1 fully saturated rings. The van der Waals surface area contributed by atoms with E-state index in [1.807, 2.05) is 35.6 Å². The number of hydrogen-bond donors (Lipinski definition) is 1. The monoisotopic (exact) mass is 315 g/mol. The summed E-state index contributed by atoms with van der Waals surface area (Å²) < 4.78 is 4.75. The average Bonchev–Trinajstić information content (AvgIpc) is 3.01. The molecule has 2 aromatic rings. The predicted octanol–water partition coefficient (Wildman–Crippen LogP) is 4.05. The van der Waals surface area contributed by atoms with Crippen LogP contribution in [0.5, 0.6) is 0 Å². The minimum absolute atomic E-state index is 0.283. The van der Waals surface area contributed by atoms with Gasteiger partial charge in [0, 0.05) is 10.9 Å². The van der Waals surface area contributed by atoms with Gasteiger partial charge in [0.05, 0.1) is 12.7 Å². The van der Waals surface area contributed by atoms with Crippen LogP contribution in [0.1, 0.15) is 51.2 Å². The number of hydrogen-bond acceptors (Lipinski definition) is 4. The van der Waals surface area contributed by atoms with E-state index in [9.17, 15) is 4.79 Å². The van der Waals surface area contributed by atoms with Gasteiger partial charge in [-0.05, 0) is 66.9 Å². The van der Waals surface area contributed by atoms with Crippen LogP contribution in [0, 0.1) is 6.92 Å². The minimum Gasteiger partial charge on any atom is -0.465 e. The lowest BCUT2D eigenvalue weighted by atomic mass is 9.85. The summed E-state index contributed by atoms with van der Waals surface area (Å²) in [6, 6.07) is 10.4. The third-order valence-corrected chi connectivity index (χ3v) is 5.24. The predicted molar refractivity (Wildman–Crippen MR) is 89.6 cm³/mol. The zero-order valence-electron chi connectivity index (χ0n) is 13.0. The van der Waals surface area contributed by atoms with E-state index in [1.54, 1.807) is 0 Å². The summed E-state index contributed by atoms with van der Waals surface area (Å²) in [6.07, 6.45) is 2.29. The highest BCUT2D eigenvalue weighted by atomic mass is 32.1. The summed E-state index contributed by atoms with van der Waals surface area (Å²) in [4.78, 5) is 12.9. The van der Waals surface area contributed by atoms with E-state index in [2.05, 4.69) is 23.7 Å². The molecule has 3 nitrogen and oxygen atoms in total. The molecule has 1 aliphatic heterocycles. The maximum absolute atomic E-state index is 11.5. The largest absolute Gasteiger partial charge is 0.465 e. The Morgan fingerprint density at radius 2 is 2.05 bits per heavy atom. The Morgan fingerprint density at radius 3 is 2.68 bits per heavy atom. The topological polar surface area (TPSA) is 38.3 Å². The molecule has 1 aromatic carbocycles. The van der Waals surface area contributed by atoms with Crippen molar-refractivity contribution >= 4 is 17.3 Å². The van der Waals surface area contributed by atoms with Crippen LogP contribution in [-0.4, -0.2) is 19.6 Å². The first-order valence-corrected chi connectivity index (χ1v) is 8.52. The van der Waals surface area contributed by atoms with Crippen molar-refractivity contribution in [1.29, 1.82) is 0 Å². The molecule has 0 aliphatic carbocycles. The fraction of sp³-hybridized carbons (Fsp3) is 0.389. The van der Waals surface area contributed by atoms with Gasteiger partial charge < -0.3 is 10.1 Å². The van der Waals surface area contributed by atoms with Gasteiger partial charge in [-0.15, -0.1) is 11.3 Å². The molecule has 1 saturated heterocycles. The van der Waals surface area contributed by atoms with E-state index in [-0.39, 0.29) is 5.97 Å². The van der Waals surface area contributed by atoms with Crippen molar-refractivity contribution < 1.29 is 9.53 Å². The Morgan fingerprint density at radius 1 is 1.27 bits per heavy atom. The van der Waals surface area contributed by atoms with E-state index in [1.165, 1.54) is 29.5 Å². The van der Waals surface area contributed by atoms with Crippen LogP contribution in [0.3, 0.4) is 0 Å². The first-order chi connectivity index (χ1) is 10.7. The molecule has 3 rings (SSSR count). The fourth-order valence-electron chi connectivity index (χ4n) is 3.12. The van der Waals surface area contributed by atoms with Crippen molar-refractivity contribution in [2.24, 2.45) is 0 Å². The number of thiophene rings is 1. The summed E-state index contributed by atoms with van der Waals surface area (Å²) in [6.45, 7) is 3.20. The first-order valence-electron chi connectivity index (χ1n) is 7.64. The summed E-state index contributed by atoms with van der Waals surface area (Å²) >= 11 is 1.83. The number of methoxy groups -OCH3 is 1.